The number of carbonyl (C=O) groups is 2. The van der Waals surface area contributed by atoms with Crippen molar-refractivity contribution in [3.63, 3.8) is 0 Å². The molecule has 2 rings (SSSR count). The summed E-state index contributed by atoms with van der Waals surface area (Å²) >= 11 is 0. The number of rotatable bonds is 8. The molecule has 0 spiro atoms. The van der Waals surface area contributed by atoms with Crippen LogP contribution in [0.1, 0.15) is 44.6 Å². The summed E-state index contributed by atoms with van der Waals surface area (Å²) in [6.07, 6.45) is 4.35. The maximum Gasteiger partial charge on any atom is 0.244 e. The zero-order chi connectivity index (χ0) is 17.2. The molecule has 1 saturated heterocycles. The van der Waals surface area contributed by atoms with Gasteiger partial charge in [0.2, 0.25) is 11.8 Å². The molecule has 1 N–H and O–H groups in total. The molecule has 24 heavy (non-hydrogen) atoms. The highest BCUT2D eigenvalue weighted by molar-refractivity contribution is 5.87. The molecule has 1 aromatic rings. The van der Waals surface area contributed by atoms with Crippen molar-refractivity contribution >= 4 is 11.8 Å². The number of nitrogens with zero attached hydrogens (tertiary/aromatic N) is 1. The largest absolute Gasteiger partial charge is 0.377 e. The zero-order valence-corrected chi connectivity index (χ0v) is 14.5. The van der Waals surface area contributed by atoms with Crippen molar-refractivity contribution in [1.29, 1.82) is 0 Å². The zero-order valence-electron chi connectivity index (χ0n) is 14.5. The van der Waals surface area contributed by atoms with Crippen LogP contribution in [0.4, 0.5) is 0 Å². The van der Waals surface area contributed by atoms with Gasteiger partial charge >= 0.3 is 0 Å². The second kappa shape index (κ2) is 10.1. The van der Waals surface area contributed by atoms with E-state index < -0.39 is 6.04 Å². The molecule has 0 bridgehead atoms. The third kappa shape index (κ3) is 6.32. The van der Waals surface area contributed by atoms with Gasteiger partial charge in [0, 0.05) is 26.1 Å². The van der Waals surface area contributed by atoms with Crippen LogP contribution in [0.3, 0.4) is 0 Å². The molecule has 132 valence electrons. The van der Waals surface area contributed by atoms with Crippen LogP contribution in [0.2, 0.25) is 0 Å². The van der Waals surface area contributed by atoms with Crippen molar-refractivity contribution in [3.05, 3.63) is 35.9 Å². The third-order valence-electron chi connectivity index (χ3n) is 4.22. The first-order chi connectivity index (χ1) is 11.7. The molecule has 1 aromatic carbocycles. The third-order valence-corrected chi connectivity index (χ3v) is 4.22. The lowest BCUT2D eigenvalue weighted by atomic mass is 10.1. The van der Waals surface area contributed by atoms with Gasteiger partial charge in [0.1, 0.15) is 6.04 Å². The SMILES string of the molecule is C[C@H](NC(=O)CCCOCc1ccccc1)C(=O)N1CCCCC1. The van der Waals surface area contributed by atoms with Crippen LogP contribution in [0, 0.1) is 0 Å². The van der Waals surface area contributed by atoms with Crippen molar-refractivity contribution < 1.29 is 14.3 Å². The first-order valence-corrected chi connectivity index (χ1v) is 8.86. The summed E-state index contributed by atoms with van der Waals surface area (Å²) in [6.45, 7) is 4.49. The number of amides is 2. The van der Waals surface area contributed by atoms with Crippen molar-refractivity contribution in [2.75, 3.05) is 19.7 Å². The number of hydrogen-bond acceptors (Lipinski definition) is 3. The fourth-order valence-corrected chi connectivity index (χ4v) is 2.86. The Hall–Kier alpha value is -1.88. The maximum absolute atomic E-state index is 12.3. The first kappa shape index (κ1) is 18.5. The molecule has 1 heterocycles. The molecule has 1 aliphatic rings. The molecular formula is C19H28N2O3. The molecule has 5 nitrogen and oxygen atoms in total. The molecule has 5 heteroatoms. The highest BCUT2D eigenvalue weighted by Gasteiger charge is 2.23. The van der Waals surface area contributed by atoms with E-state index in [0.717, 1.165) is 31.5 Å². The summed E-state index contributed by atoms with van der Waals surface area (Å²) in [5.41, 5.74) is 1.13. The fraction of sp³-hybridized carbons (Fsp3) is 0.579. The predicted octanol–water partition coefficient (Wildman–Crippen LogP) is 2.50. The van der Waals surface area contributed by atoms with Gasteiger partial charge in [-0.3, -0.25) is 9.59 Å². The Kier molecular flexibility index (Phi) is 7.75. The summed E-state index contributed by atoms with van der Waals surface area (Å²) in [5, 5.41) is 2.80. The monoisotopic (exact) mass is 332 g/mol. The van der Waals surface area contributed by atoms with Crippen LogP contribution < -0.4 is 5.32 Å². The van der Waals surface area contributed by atoms with E-state index in [4.69, 9.17) is 4.74 Å². The predicted molar refractivity (Wildman–Crippen MR) is 93.4 cm³/mol. The van der Waals surface area contributed by atoms with Crippen LogP contribution in [-0.4, -0.2) is 42.5 Å². The van der Waals surface area contributed by atoms with Crippen LogP contribution >= 0.6 is 0 Å². The van der Waals surface area contributed by atoms with Gasteiger partial charge < -0.3 is 15.0 Å². The Balaban J connectivity index is 1.57. The van der Waals surface area contributed by atoms with E-state index in [1.807, 2.05) is 35.2 Å². The molecular weight excluding hydrogens is 304 g/mol. The quantitative estimate of drug-likeness (QED) is 0.744. The standard InChI is InChI=1S/C19H28N2O3/c1-16(19(23)21-12-6-3-7-13-21)20-18(22)11-8-14-24-15-17-9-4-2-5-10-17/h2,4-5,9-10,16H,3,6-8,11-15H2,1H3,(H,20,22)/t16-/m0/s1. The highest BCUT2D eigenvalue weighted by Crippen LogP contribution is 2.10. The summed E-state index contributed by atoms with van der Waals surface area (Å²) in [4.78, 5) is 26.0. The summed E-state index contributed by atoms with van der Waals surface area (Å²) in [7, 11) is 0. The van der Waals surface area contributed by atoms with Crippen molar-refractivity contribution in [3.8, 4) is 0 Å². The summed E-state index contributed by atoms with van der Waals surface area (Å²) < 4.78 is 5.56. The van der Waals surface area contributed by atoms with Gasteiger partial charge in [-0.05, 0) is 38.2 Å². The van der Waals surface area contributed by atoms with Gasteiger partial charge in [-0.25, -0.2) is 0 Å². The number of hydrogen-bond donors (Lipinski definition) is 1. The number of benzene rings is 1. The minimum absolute atomic E-state index is 0.0309. The van der Waals surface area contributed by atoms with Crippen LogP contribution in [0.25, 0.3) is 0 Å². The first-order valence-electron chi connectivity index (χ1n) is 8.86. The Labute approximate surface area is 144 Å². The lowest BCUT2D eigenvalue weighted by molar-refractivity contribution is -0.136. The molecule has 1 atom stereocenters. The molecule has 0 radical (unpaired) electrons. The molecule has 0 aromatic heterocycles. The van der Waals surface area contributed by atoms with Crippen molar-refractivity contribution in [1.82, 2.24) is 10.2 Å². The Morgan fingerprint density at radius 3 is 2.58 bits per heavy atom. The molecule has 0 aliphatic carbocycles. The Morgan fingerprint density at radius 1 is 1.17 bits per heavy atom. The highest BCUT2D eigenvalue weighted by atomic mass is 16.5. The van der Waals surface area contributed by atoms with E-state index in [0.29, 0.717) is 26.1 Å². The van der Waals surface area contributed by atoms with Crippen LogP contribution in [-0.2, 0) is 20.9 Å². The van der Waals surface area contributed by atoms with Crippen molar-refractivity contribution in [2.24, 2.45) is 0 Å². The number of piperidine rings is 1. The van der Waals surface area contributed by atoms with Crippen LogP contribution in [0.5, 0.6) is 0 Å². The second-order valence-electron chi connectivity index (χ2n) is 6.32. The van der Waals surface area contributed by atoms with Gasteiger partial charge in [-0.1, -0.05) is 30.3 Å². The smallest absolute Gasteiger partial charge is 0.244 e. The Bertz CT molecular complexity index is 513. The lowest BCUT2D eigenvalue weighted by Gasteiger charge is -2.29. The fourth-order valence-electron chi connectivity index (χ4n) is 2.86. The minimum atomic E-state index is -0.444. The average molecular weight is 332 g/mol. The van der Waals surface area contributed by atoms with Gasteiger partial charge in [-0.2, -0.15) is 0 Å². The van der Waals surface area contributed by atoms with Crippen LogP contribution in [0.15, 0.2) is 30.3 Å². The second-order valence-corrected chi connectivity index (χ2v) is 6.32. The number of carbonyl (C=O) groups excluding carboxylic acids is 2. The van der Waals surface area contributed by atoms with Crippen molar-refractivity contribution in [2.45, 2.75) is 51.7 Å². The number of likely N-dealkylation sites (tertiary alicyclic amines) is 1. The summed E-state index contributed by atoms with van der Waals surface area (Å²) in [6, 6.07) is 9.52. The molecule has 0 unspecified atom stereocenters. The maximum atomic E-state index is 12.3. The van der Waals surface area contributed by atoms with Gasteiger partial charge in [0.15, 0.2) is 0 Å². The lowest BCUT2D eigenvalue weighted by Crippen LogP contribution is -2.48. The minimum Gasteiger partial charge on any atom is -0.377 e. The molecule has 2 amide bonds. The average Bonchev–Trinajstić information content (AvgIpc) is 2.62. The number of ether oxygens (including phenoxy) is 1. The molecule has 0 saturated carbocycles. The van der Waals surface area contributed by atoms with Gasteiger partial charge in [0.25, 0.3) is 0 Å². The van der Waals surface area contributed by atoms with E-state index in [9.17, 15) is 9.59 Å². The molecule has 1 fully saturated rings. The number of nitrogens with one attached hydrogen (secondary N) is 1. The molecule has 1 aliphatic heterocycles. The van der Waals surface area contributed by atoms with E-state index in [-0.39, 0.29) is 11.8 Å². The van der Waals surface area contributed by atoms with E-state index >= 15 is 0 Å². The van der Waals surface area contributed by atoms with E-state index in [1.165, 1.54) is 6.42 Å². The topological polar surface area (TPSA) is 58.6 Å². The summed E-state index contributed by atoms with van der Waals surface area (Å²) in [5.74, 6) is -0.0560. The van der Waals surface area contributed by atoms with Gasteiger partial charge in [-0.15, -0.1) is 0 Å². The van der Waals surface area contributed by atoms with E-state index in [1.54, 1.807) is 6.92 Å². The Morgan fingerprint density at radius 2 is 1.88 bits per heavy atom. The van der Waals surface area contributed by atoms with Gasteiger partial charge in [0.05, 0.1) is 6.61 Å². The normalized spacial score (nSPS) is 15.8. The van der Waals surface area contributed by atoms with E-state index in [2.05, 4.69) is 5.32 Å².